The number of nitrogens with one attached hydrogen (secondary N) is 2. The molecule has 158 valence electrons. The molecule has 2 N–H and O–H groups in total. The van der Waals surface area contributed by atoms with Crippen LogP contribution in [0.1, 0.15) is 10.4 Å². The van der Waals surface area contributed by atoms with Crippen LogP contribution in [0, 0.1) is 0 Å². The van der Waals surface area contributed by atoms with Gasteiger partial charge in [-0.2, -0.15) is 12.1 Å². The Morgan fingerprint density at radius 2 is 1.37 bits per heavy atom. The van der Waals surface area contributed by atoms with E-state index in [0.29, 0.717) is 11.3 Å². The van der Waals surface area contributed by atoms with Crippen molar-refractivity contribution in [3.63, 3.8) is 0 Å². The fourth-order valence-corrected chi connectivity index (χ4v) is 2.91. The third kappa shape index (κ3) is 6.85. The summed E-state index contributed by atoms with van der Waals surface area (Å²) < 4.78 is 0.868. The predicted octanol–water partition coefficient (Wildman–Crippen LogP) is 6.20. The van der Waals surface area contributed by atoms with Crippen LogP contribution in [0.3, 0.4) is 0 Å². The van der Waals surface area contributed by atoms with Gasteiger partial charge in [0.2, 0.25) is 0 Å². The van der Waals surface area contributed by atoms with E-state index in [1.165, 1.54) is 0 Å². The second kappa shape index (κ2) is 11.9. The second-order valence-electron chi connectivity index (χ2n) is 6.10. The number of amides is 3. The summed E-state index contributed by atoms with van der Waals surface area (Å²) in [6.45, 7) is 0. The van der Waals surface area contributed by atoms with E-state index >= 15 is 0 Å². The van der Waals surface area contributed by atoms with Gasteiger partial charge in [-0.15, -0.1) is 18.2 Å². The molecule has 4 aromatic rings. The minimum Gasteiger partial charge on any atom is -0.748 e. The fraction of sp³-hybridized carbons (Fsp3) is 0. The van der Waals surface area contributed by atoms with Crippen molar-refractivity contribution in [2.45, 2.75) is 0 Å². The van der Waals surface area contributed by atoms with Crippen LogP contribution < -0.4 is 10.6 Å². The number of para-hydroxylation sites is 1. The molecule has 4 aromatic carbocycles. The number of urea groups is 1. The molecule has 0 unspecified atom stereocenters. The smallest absolute Gasteiger partial charge is 0.319 e. The first-order valence-corrected chi connectivity index (χ1v) is 9.78. The first-order chi connectivity index (χ1) is 14.1. The zero-order valence-corrected chi connectivity index (χ0v) is 18.6. The van der Waals surface area contributed by atoms with Gasteiger partial charge < -0.3 is 35.6 Å². The van der Waals surface area contributed by atoms with Crippen LogP contribution in [0.4, 0.5) is 10.5 Å². The number of imide groups is 1. The molecule has 0 saturated heterocycles. The van der Waals surface area contributed by atoms with Crippen LogP contribution in [-0.4, -0.2) is 11.9 Å². The van der Waals surface area contributed by atoms with Crippen molar-refractivity contribution in [1.82, 2.24) is 5.32 Å². The van der Waals surface area contributed by atoms with E-state index in [-0.39, 0.29) is 17.1 Å². The van der Waals surface area contributed by atoms with Crippen molar-refractivity contribution < 1.29 is 26.7 Å². The number of rotatable bonds is 3. The normalized spacial score (nSPS) is 9.50. The third-order valence-electron chi connectivity index (χ3n) is 4.04. The van der Waals surface area contributed by atoms with Crippen molar-refractivity contribution in [1.29, 1.82) is 0 Å². The monoisotopic (exact) mass is 502 g/mol. The van der Waals surface area contributed by atoms with Crippen LogP contribution in [0.15, 0.2) is 108 Å². The Bertz CT molecular complexity index is 1030. The van der Waals surface area contributed by atoms with E-state index in [9.17, 15) is 9.59 Å². The Hall–Kier alpha value is -2.92. The summed E-state index contributed by atoms with van der Waals surface area (Å²) in [5.41, 5.74) is 2.96. The molecule has 3 amide bonds. The number of carbonyl (C=O) groups excluding carboxylic acids is 2. The molecule has 6 heteroatoms. The average molecular weight is 503 g/mol. The van der Waals surface area contributed by atoms with Crippen LogP contribution in [0.2, 0.25) is 0 Å². The van der Waals surface area contributed by atoms with E-state index in [0.717, 1.165) is 15.6 Å². The van der Waals surface area contributed by atoms with Gasteiger partial charge >= 0.3 is 6.03 Å². The van der Waals surface area contributed by atoms with Crippen LogP contribution in [-0.2, 0) is 17.1 Å². The van der Waals surface area contributed by atoms with Gasteiger partial charge in [-0.3, -0.25) is 10.1 Å². The van der Waals surface area contributed by atoms with Crippen molar-refractivity contribution in [3.8, 4) is 11.1 Å². The Kier molecular flexibility index (Phi) is 9.29. The number of benzene rings is 2. The molecule has 0 aromatic heterocycles. The van der Waals surface area contributed by atoms with Crippen LogP contribution in [0.25, 0.3) is 11.1 Å². The minimum absolute atomic E-state index is 0. The molecule has 0 bridgehead atoms. The molecule has 0 fully saturated rings. The maximum absolute atomic E-state index is 12.1. The summed E-state index contributed by atoms with van der Waals surface area (Å²) in [6.07, 6.45) is 0. The Morgan fingerprint density at radius 3 is 1.97 bits per heavy atom. The predicted molar refractivity (Wildman–Crippen MR) is 120 cm³/mol. The molecular weight excluding hydrogens is 484 g/mol. The Balaban J connectivity index is 0.000000468. The largest absolute Gasteiger partial charge is 0.748 e. The Labute approximate surface area is 194 Å². The number of hydrogen-bond donors (Lipinski definition) is 2. The second-order valence-corrected chi connectivity index (χ2v) is 7.01. The van der Waals surface area contributed by atoms with E-state index in [1.54, 1.807) is 30.3 Å². The van der Waals surface area contributed by atoms with E-state index in [4.69, 9.17) is 0 Å². The van der Waals surface area contributed by atoms with Crippen LogP contribution >= 0.6 is 15.9 Å². The van der Waals surface area contributed by atoms with Crippen molar-refractivity contribution in [2.24, 2.45) is 0 Å². The third-order valence-corrected chi connectivity index (χ3v) is 4.57. The molecule has 0 atom stereocenters. The maximum atomic E-state index is 12.1. The molecule has 4 nitrogen and oxygen atoms in total. The summed E-state index contributed by atoms with van der Waals surface area (Å²) in [5, 5.41) is 5.06. The molecule has 0 aliphatic heterocycles. The van der Waals surface area contributed by atoms with Gasteiger partial charge in [0.25, 0.3) is 5.91 Å². The fourth-order valence-electron chi connectivity index (χ4n) is 2.65. The molecular formula is C24H19BrFeN2O2-6. The molecule has 30 heavy (non-hydrogen) atoms. The van der Waals surface area contributed by atoms with Gasteiger partial charge in [-0.1, -0.05) is 45.3 Å². The van der Waals surface area contributed by atoms with E-state index < -0.39 is 11.9 Å². The van der Waals surface area contributed by atoms with E-state index in [1.807, 2.05) is 72.8 Å². The number of anilines is 1. The van der Waals surface area contributed by atoms with Gasteiger partial charge in [-0.05, 0) is 30.0 Å². The van der Waals surface area contributed by atoms with Gasteiger partial charge in [0.05, 0.1) is 0 Å². The van der Waals surface area contributed by atoms with Crippen molar-refractivity contribution in [3.05, 3.63) is 113 Å². The number of halogens is 1. The zero-order chi connectivity index (χ0) is 20.5. The minimum atomic E-state index is -0.568. The molecule has 0 radical (unpaired) electrons. The first-order valence-electron chi connectivity index (χ1n) is 8.99. The average Bonchev–Trinajstić information content (AvgIpc) is 3.45. The van der Waals surface area contributed by atoms with E-state index in [2.05, 4.69) is 26.6 Å². The zero-order valence-electron chi connectivity index (χ0n) is 15.9. The summed E-state index contributed by atoms with van der Waals surface area (Å²) in [6, 6.07) is 31.5. The van der Waals surface area contributed by atoms with Gasteiger partial charge in [0, 0.05) is 27.1 Å². The van der Waals surface area contributed by atoms with Gasteiger partial charge in [0.1, 0.15) is 0 Å². The summed E-state index contributed by atoms with van der Waals surface area (Å²) >= 11 is 3.31. The number of hydrogen-bond acceptors (Lipinski definition) is 2. The summed E-state index contributed by atoms with van der Waals surface area (Å²) in [7, 11) is 0. The van der Waals surface area contributed by atoms with Gasteiger partial charge in [0.15, 0.2) is 0 Å². The number of carbonyl (C=O) groups is 2. The summed E-state index contributed by atoms with van der Waals surface area (Å²) in [5.74, 6) is -0.453. The molecule has 0 heterocycles. The SMILES string of the molecule is O=C(NC(=O)c1ccc(Br)cc1)Nc1ccccc1-[c-]1cccc1.[Fe].[cH-]1[cH-][cH-][cH-][cH-]1. The van der Waals surface area contributed by atoms with Crippen molar-refractivity contribution >= 4 is 33.6 Å². The molecule has 0 aliphatic rings. The first kappa shape index (κ1) is 23.4. The van der Waals surface area contributed by atoms with Crippen molar-refractivity contribution in [2.75, 3.05) is 5.32 Å². The molecule has 0 saturated carbocycles. The molecule has 0 aliphatic carbocycles. The molecule has 4 rings (SSSR count). The topological polar surface area (TPSA) is 58.2 Å². The van der Waals surface area contributed by atoms with Crippen LogP contribution in [0.5, 0.6) is 0 Å². The van der Waals surface area contributed by atoms with Gasteiger partial charge in [-0.25, -0.2) is 4.79 Å². The quantitative estimate of drug-likeness (QED) is 0.259. The standard InChI is InChI=1S/C19H14BrN2O2.C5H5.Fe/c20-15-11-9-14(10-12-15)18(23)22-19(24)21-17-8-4-3-7-16(17)13-5-1-2-6-13;1-2-4-5-3-1;/h1-12H,(H2,21,22,23,24);1-5H;/q-1;-5;. The maximum Gasteiger partial charge on any atom is 0.319 e. The summed E-state index contributed by atoms with van der Waals surface area (Å²) in [4.78, 5) is 24.2. The molecule has 0 spiro atoms. The Morgan fingerprint density at radius 1 is 0.800 bits per heavy atom.